The molecule has 11 heavy (non-hydrogen) atoms. The highest BCUT2D eigenvalue weighted by atomic mass is 32.1. The lowest BCUT2D eigenvalue weighted by atomic mass is 10.6. The van der Waals surface area contributed by atoms with E-state index in [4.69, 9.17) is 10.8 Å². The molecule has 0 aliphatic carbocycles. The lowest BCUT2D eigenvalue weighted by molar-refractivity contribution is 0.472. The minimum Gasteiger partial charge on any atom is -0.486 e. The van der Waals surface area contributed by atoms with E-state index in [1.165, 1.54) is 11.3 Å². The average Bonchev–Trinajstić information content (AvgIpc) is 2.37. The molecular weight excluding hydrogens is 162 g/mol. The summed E-state index contributed by atoms with van der Waals surface area (Å²) in [6.07, 6.45) is 0. The van der Waals surface area contributed by atoms with Gasteiger partial charge in [-0.2, -0.15) is 4.98 Å². The molecule has 0 radical (unpaired) electrons. The summed E-state index contributed by atoms with van der Waals surface area (Å²) in [7, 11) is 1.82. The topological polar surface area (TPSA) is 64.1 Å². The Morgan fingerprint density at radius 3 is 3.09 bits per heavy atom. The number of hydrogen-bond donors (Lipinski definition) is 2. The van der Waals surface area contributed by atoms with Gasteiger partial charge in [-0.05, 0) is 6.07 Å². The molecular formula is C6H7N3OS. The Bertz CT molecular complexity index is 403. The first-order chi connectivity index (χ1) is 5.18. The molecule has 0 amide bonds. The number of rotatable bonds is 0. The number of thiazole rings is 1. The second kappa shape index (κ2) is 1.88. The van der Waals surface area contributed by atoms with Gasteiger partial charge in [0, 0.05) is 7.05 Å². The van der Waals surface area contributed by atoms with E-state index in [0.29, 0.717) is 5.82 Å². The number of aromatic nitrogens is 2. The van der Waals surface area contributed by atoms with Crippen LogP contribution in [0.2, 0.25) is 0 Å². The van der Waals surface area contributed by atoms with Gasteiger partial charge in [-0.3, -0.25) is 0 Å². The van der Waals surface area contributed by atoms with Crippen molar-refractivity contribution in [2.45, 2.75) is 0 Å². The van der Waals surface area contributed by atoms with Crippen molar-refractivity contribution in [1.82, 2.24) is 9.55 Å². The largest absolute Gasteiger partial charge is 0.486 e. The Balaban J connectivity index is 2.88. The second-order valence-corrected chi connectivity index (χ2v) is 3.32. The predicted octanol–water partition coefficient (Wildman–Crippen LogP) is 0.923. The van der Waals surface area contributed by atoms with E-state index in [-0.39, 0.29) is 5.19 Å². The van der Waals surface area contributed by atoms with Crippen LogP contribution in [0.5, 0.6) is 5.19 Å². The van der Waals surface area contributed by atoms with Gasteiger partial charge < -0.3 is 15.4 Å². The molecule has 2 aromatic rings. The SMILES string of the molecule is Cn1c(N)cc2sc(O)nc21. The van der Waals surface area contributed by atoms with E-state index in [1.807, 2.05) is 7.05 Å². The quantitative estimate of drug-likeness (QED) is 0.616. The van der Waals surface area contributed by atoms with E-state index in [2.05, 4.69) is 4.98 Å². The van der Waals surface area contributed by atoms with E-state index in [1.54, 1.807) is 10.6 Å². The van der Waals surface area contributed by atoms with E-state index in [9.17, 15) is 0 Å². The molecule has 0 bridgehead atoms. The highest BCUT2D eigenvalue weighted by Gasteiger charge is 2.07. The van der Waals surface area contributed by atoms with Crippen LogP contribution < -0.4 is 5.73 Å². The maximum Gasteiger partial charge on any atom is 0.273 e. The summed E-state index contributed by atoms with van der Waals surface area (Å²) in [5, 5.41) is 9.10. The van der Waals surface area contributed by atoms with Crippen LogP contribution in [0, 0.1) is 0 Å². The molecule has 0 aliphatic rings. The normalized spacial score (nSPS) is 11.0. The second-order valence-electron chi connectivity index (χ2n) is 2.31. The highest BCUT2D eigenvalue weighted by Crippen LogP contribution is 2.29. The van der Waals surface area contributed by atoms with Crippen molar-refractivity contribution in [2.75, 3.05) is 5.73 Å². The minimum absolute atomic E-state index is 0.0885. The van der Waals surface area contributed by atoms with Gasteiger partial charge in [0.15, 0.2) is 5.65 Å². The van der Waals surface area contributed by atoms with E-state index < -0.39 is 0 Å². The summed E-state index contributed by atoms with van der Waals surface area (Å²) in [5.74, 6) is 0.666. The molecule has 2 aromatic heterocycles. The number of nitrogens with zero attached hydrogens (tertiary/aromatic N) is 2. The number of hydrogen-bond acceptors (Lipinski definition) is 4. The summed E-state index contributed by atoms with van der Waals surface area (Å²) < 4.78 is 2.66. The third kappa shape index (κ3) is 0.775. The fraction of sp³-hybridized carbons (Fsp3) is 0.167. The molecule has 0 aliphatic heterocycles. The van der Waals surface area contributed by atoms with Crippen molar-refractivity contribution in [1.29, 1.82) is 0 Å². The smallest absolute Gasteiger partial charge is 0.273 e. The summed E-state index contributed by atoms with van der Waals surface area (Å²) in [6.45, 7) is 0. The van der Waals surface area contributed by atoms with Crippen LogP contribution in [-0.2, 0) is 7.05 Å². The Labute approximate surface area is 66.9 Å². The molecule has 0 saturated heterocycles. The third-order valence-corrected chi connectivity index (χ3v) is 2.40. The molecule has 3 N–H and O–H groups in total. The van der Waals surface area contributed by atoms with E-state index >= 15 is 0 Å². The first-order valence-corrected chi connectivity index (χ1v) is 3.91. The van der Waals surface area contributed by atoms with Gasteiger partial charge in [0.1, 0.15) is 5.82 Å². The molecule has 58 valence electrons. The number of fused-ring (bicyclic) bond motifs is 1. The van der Waals surface area contributed by atoms with Gasteiger partial charge in [-0.15, -0.1) is 0 Å². The molecule has 0 atom stereocenters. The Morgan fingerprint density at radius 2 is 2.45 bits per heavy atom. The van der Waals surface area contributed by atoms with Crippen LogP contribution in [-0.4, -0.2) is 14.7 Å². The summed E-state index contributed by atoms with van der Waals surface area (Å²) >= 11 is 1.23. The van der Waals surface area contributed by atoms with Crippen LogP contribution in [0.3, 0.4) is 0 Å². The molecule has 0 fully saturated rings. The van der Waals surface area contributed by atoms with Crippen molar-refractivity contribution < 1.29 is 5.11 Å². The van der Waals surface area contributed by atoms with Crippen LogP contribution in [0.25, 0.3) is 10.3 Å². The molecule has 5 heteroatoms. The summed E-state index contributed by atoms with van der Waals surface area (Å²) in [4.78, 5) is 3.89. The van der Waals surface area contributed by atoms with Gasteiger partial charge in [-0.1, -0.05) is 11.3 Å². The molecule has 4 nitrogen and oxygen atoms in total. The predicted molar refractivity (Wildman–Crippen MR) is 44.7 cm³/mol. The monoisotopic (exact) mass is 169 g/mol. The van der Waals surface area contributed by atoms with Crippen LogP contribution in [0.4, 0.5) is 5.82 Å². The van der Waals surface area contributed by atoms with Gasteiger partial charge in [0.25, 0.3) is 5.19 Å². The Morgan fingerprint density at radius 1 is 1.73 bits per heavy atom. The lowest BCUT2D eigenvalue weighted by Crippen LogP contribution is -1.94. The van der Waals surface area contributed by atoms with Crippen molar-refractivity contribution in [3.63, 3.8) is 0 Å². The first-order valence-electron chi connectivity index (χ1n) is 3.09. The Hall–Kier alpha value is -1.23. The van der Waals surface area contributed by atoms with Gasteiger partial charge in [0.2, 0.25) is 0 Å². The fourth-order valence-electron chi connectivity index (χ4n) is 1.00. The van der Waals surface area contributed by atoms with Crippen LogP contribution in [0.15, 0.2) is 6.07 Å². The van der Waals surface area contributed by atoms with Crippen molar-refractivity contribution in [3.05, 3.63) is 6.07 Å². The lowest BCUT2D eigenvalue weighted by Gasteiger charge is -1.92. The van der Waals surface area contributed by atoms with Gasteiger partial charge in [-0.25, -0.2) is 0 Å². The third-order valence-electron chi connectivity index (χ3n) is 1.61. The molecule has 0 unspecified atom stereocenters. The molecule has 0 saturated carbocycles. The van der Waals surface area contributed by atoms with Crippen molar-refractivity contribution in [3.8, 4) is 5.19 Å². The molecule has 2 rings (SSSR count). The Kier molecular flexibility index (Phi) is 1.11. The molecule has 0 aromatic carbocycles. The van der Waals surface area contributed by atoms with Crippen molar-refractivity contribution in [2.24, 2.45) is 7.05 Å². The molecule has 2 heterocycles. The minimum atomic E-state index is 0.0885. The van der Waals surface area contributed by atoms with E-state index in [0.717, 1.165) is 10.3 Å². The van der Waals surface area contributed by atoms with Crippen molar-refractivity contribution >= 4 is 27.5 Å². The van der Waals surface area contributed by atoms with Gasteiger partial charge >= 0.3 is 0 Å². The summed E-state index contributed by atoms with van der Waals surface area (Å²) in [5.41, 5.74) is 6.34. The van der Waals surface area contributed by atoms with Gasteiger partial charge in [0.05, 0.1) is 4.70 Å². The summed E-state index contributed by atoms with van der Waals surface area (Å²) in [6, 6.07) is 1.80. The highest BCUT2D eigenvalue weighted by molar-refractivity contribution is 7.20. The molecule has 0 spiro atoms. The first kappa shape index (κ1) is 6.48. The number of anilines is 1. The fourth-order valence-corrected chi connectivity index (χ4v) is 1.78. The average molecular weight is 169 g/mol. The van der Waals surface area contributed by atoms with Crippen LogP contribution in [0.1, 0.15) is 0 Å². The number of aryl methyl sites for hydroxylation is 1. The zero-order valence-electron chi connectivity index (χ0n) is 5.90. The number of nitrogen functional groups attached to an aromatic ring is 1. The zero-order valence-corrected chi connectivity index (χ0v) is 6.72. The zero-order chi connectivity index (χ0) is 8.01. The standard InChI is InChI=1S/C6H7N3OS/c1-9-4(7)2-3-5(9)8-6(10)11-3/h2H,7H2,1H3,(H,8,10). The maximum absolute atomic E-state index is 9.01. The maximum atomic E-state index is 9.01. The number of nitrogens with two attached hydrogens (primary N) is 1. The number of aromatic hydroxyl groups is 1. The van der Waals surface area contributed by atoms with Crippen LogP contribution >= 0.6 is 11.3 Å².